The van der Waals surface area contributed by atoms with E-state index in [-0.39, 0.29) is 23.8 Å². The summed E-state index contributed by atoms with van der Waals surface area (Å²) < 4.78 is 2.28. The number of nitrogens with zero attached hydrogens (tertiary/aromatic N) is 4. The molecule has 2 N–H and O–H groups in total. The minimum absolute atomic E-state index is 0.0165. The van der Waals surface area contributed by atoms with Gasteiger partial charge >= 0.3 is 0 Å². The van der Waals surface area contributed by atoms with E-state index >= 15 is 0 Å². The van der Waals surface area contributed by atoms with Gasteiger partial charge in [-0.3, -0.25) is 14.8 Å². The average molecular weight is 456 g/mol. The SMILES string of the molecule is CCCCC(CC(=O)NO)C(=O)N1CC2(CC2)CC1c1nc2ccccc2n1CCN(C)C. The molecule has 2 atom stereocenters. The first-order valence-corrected chi connectivity index (χ1v) is 12.2. The lowest BCUT2D eigenvalue weighted by Crippen LogP contribution is -2.39. The van der Waals surface area contributed by atoms with E-state index in [1.165, 1.54) is 0 Å². The van der Waals surface area contributed by atoms with Crippen molar-refractivity contribution in [1.82, 2.24) is 24.8 Å². The molecule has 1 aromatic carbocycles. The summed E-state index contributed by atoms with van der Waals surface area (Å²) in [6.45, 7) is 4.50. The Balaban J connectivity index is 1.68. The van der Waals surface area contributed by atoms with Crippen LogP contribution in [-0.4, -0.2) is 63.6 Å². The number of likely N-dealkylation sites (N-methyl/N-ethyl adjacent to an activating group) is 1. The van der Waals surface area contributed by atoms with E-state index in [1.807, 2.05) is 23.1 Å². The number of nitrogens with one attached hydrogen (secondary N) is 1. The number of fused-ring (bicyclic) bond motifs is 1. The Labute approximate surface area is 195 Å². The molecule has 8 heteroatoms. The third kappa shape index (κ3) is 5.06. The number of imidazole rings is 1. The summed E-state index contributed by atoms with van der Waals surface area (Å²) in [5, 5.41) is 9.06. The first-order valence-electron chi connectivity index (χ1n) is 12.2. The molecule has 1 spiro atoms. The highest BCUT2D eigenvalue weighted by atomic mass is 16.5. The smallest absolute Gasteiger partial charge is 0.244 e. The zero-order valence-corrected chi connectivity index (χ0v) is 20.1. The van der Waals surface area contributed by atoms with Crippen LogP contribution in [0.1, 0.15) is 63.7 Å². The first kappa shape index (κ1) is 23.7. The number of hydrogen-bond acceptors (Lipinski definition) is 5. The number of benzene rings is 1. The maximum atomic E-state index is 13.8. The number of hydrogen-bond donors (Lipinski definition) is 2. The van der Waals surface area contributed by atoms with Gasteiger partial charge in [0.25, 0.3) is 0 Å². The van der Waals surface area contributed by atoms with Crippen molar-refractivity contribution < 1.29 is 14.8 Å². The van der Waals surface area contributed by atoms with Crippen LogP contribution in [0.15, 0.2) is 24.3 Å². The summed E-state index contributed by atoms with van der Waals surface area (Å²) in [6.07, 6.45) is 5.71. The molecule has 4 rings (SSSR count). The fourth-order valence-corrected chi connectivity index (χ4v) is 5.21. The van der Waals surface area contributed by atoms with Crippen molar-refractivity contribution in [3.05, 3.63) is 30.1 Å². The van der Waals surface area contributed by atoms with Gasteiger partial charge in [-0.2, -0.15) is 0 Å². The Hall–Kier alpha value is -2.45. The van der Waals surface area contributed by atoms with Crippen molar-refractivity contribution in [2.45, 2.75) is 64.5 Å². The number of unbranched alkanes of at least 4 members (excludes halogenated alkanes) is 1. The quantitative estimate of drug-likeness (QED) is 0.424. The number of carbonyl (C=O) groups is 2. The fourth-order valence-electron chi connectivity index (χ4n) is 5.21. The number of hydroxylamine groups is 1. The molecule has 2 aliphatic rings. The Morgan fingerprint density at radius 3 is 2.73 bits per heavy atom. The van der Waals surface area contributed by atoms with Gasteiger partial charge in [0.15, 0.2) is 0 Å². The van der Waals surface area contributed by atoms with Crippen LogP contribution in [0.4, 0.5) is 0 Å². The summed E-state index contributed by atoms with van der Waals surface area (Å²) >= 11 is 0. The molecule has 33 heavy (non-hydrogen) atoms. The number of aromatic nitrogens is 2. The van der Waals surface area contributed by atoms with Crippen molar-refractivity contribution in [3.8, 4) is 0 Å². The van der Waals surface area contributed by atoms with Gasteiger partial charge in [0.05, 0.1) is 17.1 Å². The topological polar surface area (TPSA) is 90.7 Å². The van der Waals surface area contributed by atoms with E-state index in [0.717, 1.165) is 68.6 Å². The van der Waals surface area contributed by atoms with Crippen LogP contribution in [0, 0.1) is 11.3 Å². The van der Waals surface area contributed by atoms with E-state index in [0.29, 0.717) is 6.42 Å². The Kier molecular flexibility index (Phi) is 7.05. The van der Waals surface area contributed by atoms with E-state index < -0.39 is 11.8 Å². The Morgan fingerprint density at radius 1 is 1.30 bits per heavy atom. The largest absolute Gasteiger partial charge is 0.332 e. The molecular weight excluding hydrogens is 418 g/mol. The van der Waals surface area contributed by atoms with Crippen molar-refractivity contribution in [3.63, 3.8) is 0 Å². The van der Waals surface area contributed by atoms with Crippen molar-refractivity contribution in [2.24, 2.45) is 11.3 Å². The van der Waals surface area contributed by atoms with Gasteiger partial charge in [0, 0.05) is 32.0 Å². The van der Waals surface area contributed by atoms with E-state index in [4.69, 9.17) is 10.2 Å². The fraction of sp³-hybridized carbons (Fsp3) is 0.640. The molecule has 2 amide bonds. The molecule has 1 aliphatic heterocycles. The Morgan fingerprint density at radius 2 is 2.06 bits per heavy atom. The molecule has 1 saturated heterocycles. The molecule has 1 saturated carbocycles. The van der Waals surface area contributed by atoms with E-state index in [2.05, 4.69) is 36.6 Å². The van der Waals surface area contributed by atoms with E-state index in [1.54, 1.807) is 5.48 Å². The zero-order valence-electron chi connectivity index (χ0n) is 20.1. The van der Waals surface area contributed by atoms with Crippen LogP contribution < -0.4 is 5.48 Å². The van der Waals surface area contributed by atoms with Crippen LogP contribution in [0.25, 0.3) is 11.0 Å². The molecule has 2 aromatic rings. The lowest BCUT2D eigenvalue weighted by Gasteiger charge is -2.29. The van der Waals surface area contributed by atoms with Gasteiger partial charge in [0.1, 0.15) is 5.82 Å². The van der Waals surface area contributed by atoms with Crippen LogP contribution in [0.2, 0.25) is 0 Å². The van der Waals surface area contributed by atoms with Crippen molar-refractivity contribution >= 4 is 22.8 Å². The minimum Gasteiger partial charge on any atom is -0.332 e. The lowest BCUT2D eigenvalue weighted by molar-refractivity contribution is -0.141. The molecule has 8 nitrogen and oxygen atoms in total. The monoisotopic (exact) mass is 455 g/mol. The summed E-state index contributed by atoms with van der Waals surface area (Å²) in [5.41, 5.74) is 3.96. The molecular formula is C25H37N5O3. The van der Waals surface area contributed by atoms with Crippen LogP contribution in [-0.2, 0) is 16.1 Å². The maximum absolute atomic E-state index is 13.8. The molecule has 0 bridgehead atoms. The van der Waals surface area contributed by atoms with Gasteiger partial charge in [-0.05, 0) is 57.3 Å². The molecule has 2 heterocycles. The Bertz CT molecular complexity index is 997. The van der Waals surface area contributed by atoms with Gasteiger partial charge in [-0.1, -0.05) is 31.9 Å². The first-order chi connectivity index (χ1) is 15.9. The standard InChI is InChI=1S/C25H37N5O3/c1-4-5-8-18(15-22(31)27-33)24(32)30-17-25(11-12-25)16-21(30)23-26-19-9-6-7-10-20(19)29(23)14-13-28(2)3/h6-7,9-10,18,21,33H,4-5,8,11-17H2,1-3H3,(H,27,31). The normalized spacial score (nSPS) is 20.0. The minimum atomic E-state index is -0.500. The summed E-state index contributed by atoms with van der Waals surface area (Å²) in [7, 11) is 4.13. The van der Waals surface area contributed by atoms with Crippen LogP contribution in [0.3, 0.4) is 0 Å². The number of likely N-dealkylation sites (tertiary alicyclic amines) is 1. The molecule has 2 fully saturated rings. The number of amides is 2. The second-order valence-electron chi connectivity index (χ2n) is 10.2. The molecule has 180 valence electrons. The maximum Gasteiger partial charge on any atom is 0.244 e. The van der Waals surface area contributed by atoms with Crippen LogP contribution in [0.5, 0.6) is 0 Å². The molecule has 1 aliphatic carbocycles. The van der Waals surface area contributed by atoms with Gasteiger partial charge < -0.3 is 14.4 Å². The predicted molar refractivity (Wildman–Crippen MR) is 127 cm³/mol. The highest BCUT2D eigenvalue weighted by molar-refractivity contribution is 5.86. The number of para-hydroxylation sites is 2. The summed E-state index contributed by atoms with van der Waals surface area (Å²) in [6, 6.07) is 8.09. The highest BCUT2D eigenvalue weighted by Gasteiger charge is 2.55. The number of rotatable bonds is 10. The third-order valence-electron chi connectivity index (χ3n) is 7.31. The van der Waals surface area contributed by atoms with Crippen LogP contribution >= 0.6 is 0 Å². The number of carbonyl (C=O) groups excluding carboxylic acids is 2. The molecule has 2 unspecified atom stereocenters. The molecule has 0 radical (unpaired) electrons. The van der Waals surface area contributed by atoms with Crippen molar-refractivity contribution in [1.29, 1.82) is 0 Å². The van der Waals surface area contributed by atoms with Gasteiger partial charge in [-0.25, -0.2) is 10.5 Å². The van der Waals surface area contributed by atoms with Crippen molar-refractivity contribution in [2.75, 3.05) is 27.2 Å². The average Bonchev–Trinajstić information content (AvgIpc) is 3.30. The highest BCUT2D eigenvalue weighted by Crippen LogP contribution is 2.58. The van der Waals surface area contributed by atoms with Gasteiger partial charge in [0.2, 0.25) is 11.8 Å². The second-order valence-corrected chi connectivity index (χ2v) is 10.2. The third-order valence-corrected chi connectivity index (χ3v) is 7.31. The zero-order chi connectivity index (χ0) is 23.6. The lowest BCUT2D eigenvalue weighted by atomic mass is 9.96. The summed E-state index contributed by atoms with van der Waals surface area (Å²) in [5.74, 6) is 0.0516. The molecule has 1 aromatic heterocycles. The predicted octanol–water partition coefficient (Wildman–Crippen LogP) is 3.35. The van der Waals surface area contributed by atoms with E-state index in [9.17, 15) is 9.59 Å². The van der Waals surface area contributed by atoms with Gasteiger partial charge in [-0.15, -0.1) is 0 Å². The summed E-state index contributed by atoms with van der Waals surface area (Å²) in [4.78, 5) is 35.0. The second kappa shape index (κ2) is 9.81.